The van der Waals surface area contributed by atoms with Crippen LogP contribution >= 0.6 is 0 Å². The number of nitrogens with zero attached hydrogens (tertiary/aromatic N) is 1. The molecule has 1 heterocycles. The molecule has 0 saturated carbocycles. The molecule has 0 radical (unpaired) electrons. The topological polar surface area (TPSA) is 37.9 Å². The van der Waals surface area contributed by atoms with E-state index in [1.54, 1.807) is 0 Å². The molecule has 0 bridgehead atoms. The van der Waals surface area contributed by atoms with Gasteiger partial charge in [0.15, 0.2) is 0 Å². The van der Waals surface area contributed by atoms with Gasteiger partial charge in [-0.2, -0.15) is 0 Å². The van der Waals surface area contributed by atoms with E-state index in [2.05, 4.69) is 22.1 Å². The number of aromatic amines is 1. The van der Waals surface area contributed by atoms with Crippen LogP contribution in [-0.4, -0.2) is 9.97 Å². The van der Waals surface area contributed by atoms with Gasteiger partial charge in [0.2, 0.25) is 0 Å². The van der Waals surface area contributed by atoms with Crippen molar-refractivity contribution in [3.63, 3.8) is 0 Å². The van der Waals surface area contributed by atoms with Gasteiger partial charge >= 0.3 is 0 Å². The van der Waals surface area contributed by atoms with Crippen LogP contribution in [-0.2, 0) is 13.0 Å². The summed E-state index contributed by atoms with van der Waals surface area (Å²) in [4.78, 5) is 7.64. The average Bonchev–Trinajstić information content (AvgIpc) is 2.95. The lowest BCUT2D eigenvalue weighted by molar-refractivity contribution is 0.297. The molecule has 20 heavy (non-hydrogen) atoms. The molecule has 3 nitrogen and oxygen atoms in total. The maximum Gasteiger partial charge on any atom is 0.146 e. The van der Waals surface area contributed by atoms with Crippen molar-refractivity contribution in [2.45, 2.75) is 13.0 Å². The number of benzene rings is 2. The molecule has 0 aliphatic carbocycles. The number of imidazole rings is 1. The summed E-state index contributed by atoms with van der Waals surface area (Å²) in [5.41, 5.74) is 2.37. The van der Waals surface area contributed by atoms with Crippen LogP contribution in [0.25, 0.3) is 0 Å². The summed E-state index contributed by atoms with van der Waals surface area (Å²) in [6.07, 6.45) is 2.73. The summed E-state index contributed by atoms with van der Waals surface area (Å²) in [6.45, 7) is 0.457. The number of hydrogen-bond acceptors (Lipinski definition) is 2. The quantitative estimate of drug-likeness (QED) is 0.765. The smallest absolute Gasteiger partial charge is 0.146 e. The molecule has 0 amide bonds. The Morgan fingerprint density at radius 2 is 1.60 bits per heavy atom. The van der Waals surface area contributed by atoms with Crippen LogP contribution in [0.3, 0.4) is 0 Å². The minimum atomic E-state index is 0.457. The Balaban J connectivity index is 1.60. The van der Waals surface area contributed by atoms with Gasteiger partial charge in [0, 0.05) is 18.3 Å². The first-order valence-electron chi connectivity index (χ1n) is 6.65. The summed E-state index contributed by atoms with van der Waals surface area (Å²) in [6, 6.07) is 20.1. The molecule has 0 aliphatic rings. The second kappa shape index (κ2) is 6.06. The highest BCUT2D eigenvalue weighted by Crippen LogP contribution is 2.11. The van der Waals surface area contributed by atoms with Crippen molar-refractivity contribution in [3.05, 3.63) is 83.9 Å². The van der Waals surface area contributed by atoms with Crippen molar-refractivity contribution in [2.24, 2.45) is 0 Å². The van der Waals surface area contributed by atoms with E-state index in [-0.39, 0.29) is 0 Å². The normalized spacial score (nSPS) is 10.4. The molecule has 1 aromatic heterocycles. The van der Waals surface area contributed by atoms with Gasteiger partial charge in [-0.3, -0.25) is 0 Å². The molecule has 100 valence electrons. The maximum absolute atomic E-state index is 5.66. The third-order valence-electron chi connectivity index (χ3n) is 3.04. The van der Waals surface area contributed by atoms with Crippen molar-refractivity contribution >= 4 is 0 Å². The van der Waals surface area contributed by atoms with Crippen LogP contribution in [0.1, 0.15) is 17.1 Å². The zero-order valence-electron chi connectivity index (χ0n) is 11.1. The molecule has 3 rings (SSSR count). The van der Waals surface area contributed by atoms with Crippen LogP contribution in [0, 0.1) is 0 Å². The van der Waals surface area contributed by atoms with Crippen molar-refractivity contribution in [1.82, 2.24) is 9.97 Å². The van der Waals surface area contributed by atoms with Gasteiger partial charge in [-0.1, -0.05) is 48.5 Å². The van der Waals surface area contributed by atoms with E-state index in [1.807, 2.05) is 54.7 Å². The Morgan fingerprint density at radius 1 is 0.900 bits per heavy atom. The zero-order chi connectivity index (χ0) is 13.6. The molecule has 0 unspecified atom stereocenters. The Labute approximate surface area is 118 Å². The van der Waals surface area contributed by atoms with Crippen molar-refractivity contribution in [3.8, 4) is 5.75 Å². The lowest BCUT2D eigenvalue weighted by Crippen LogP contribution is -1.97. The van der Waals surface area contributed by atoms with E-state index < -0.39 is 0 Å². The fraction of sp³-hybridized carbons (Fsp3) is 0.118. The zero-order valence-corrected chi connectivity index (χ0v) is 11.1. The van der Waals surface area contributed by atoms with Gasteiger partial charge in [0.25, 0.3) is 0 Å². The second-order valence-corrected chi connectivity index (χ2v) is 4.62. The molecule has 0 fully saturated rings. The highest BCUT2D eigenvalue weighted by Gasteiger charge is 2.02. The number of para-hydroxylation sites is 1. The molecule has 3 aromatic rings. The summed E-state index contributed by atoms with van der Waals surface area (Å²) >= 11 is 0. The van der Waals surface area contributed by atoms with Gasteiger partial charge in [-0.25, -0.2) is 4.98 Å². The first-order chi connectivity index (χ1) is 9.90. The number of ether oxygens (including phenoxy) is 1. The highest BCUT2D eigenvalue weighted by molar-refractivity contribution is 5.22. The van der Waals surface area contributed by atoms with Gasteiger partial charge in [-0.15, -0.1) is 0 Å². The van der Waals surface area contributed by atoms with E-state index in [0.29, 0.717) is 6.61 Å². The number of H-pyrrole nitrogens is 1. The largest absolute Gasteiger partial charge is 0.486 e. The van der Waals surface area contributed by atoms with E-state index in [0.717, 1.165) is 23.7 Å². The lowest BCUT2D eigenvalue weighted by Gasteiger charge is -2.03. The minimum Gasteiger partial charge on any atom is -0.486 e. The number of hydrogen-bond donors (Lipinski definition) is 1. The Hall–Kier alpha value is -2.55. The van der Waals surface area contributed by atoms with Crippen LogP contribution < -0.4 is 4.74 Å². The SMILES string of the molecule is c1ccc(Cc2cnc(COc3ccccc3)[nH]2)cc1. The maximum atomic E-state index is 5.66. The Kier molecular flexibility index (Phi) is 3.78. The lowest BCUT2D eigenvalue weighted by atomic mass is 10.1. The fourth-order valence-corrected chi connectivity index (χ4v) is 2.05. The standard InChI is InChI=1S/C17H16N2O/c1-3-7-14(8-4-1)11-15-12-18-17(19-15)13-20-16-9-5-2-6-10-16/h1-10,12H,11,13H2,(H,18,19). The van der Waals surface area contributed by atoms with Gasteiger partial charge in [0.05, 0.1) is 0 Å². The third-order valence-corrected chi connectivity index (χ3v) is 3.04. The van der Waals surface area contributed by atoms with Gasteiger partial charge < -0.3 is 9.72 Å². The molecule has 0 atom stereocenters. The summed E-state index contributed by atoms with van der Waals surface area (Å²) in [5, 5.41) is 0. The number of rotatable bonds is 5. The average molecular weight is 264 g/mol. The van der Waals surface area contributed by atoms with Gasteiger partial charge in [-0.05, 0) is 17.7 Å². The van der Waals surface area contributed by atoms with E-state index in [4.69, 9.17) is 4.74 Å². The van der Waals surface area contributed by atoms with Crippen molar-refractivity contribution < 1.29 is 4.74 Å². The molecule has 0 aliphatic heterocycles. The highest BCUT2D eigenvalue weighted by atomic mass is 16.5. The molecule has 0 spiro atoms. The molecule has 3 heteroatoms. The first-order valence-corrected chi connectivity index (χ1v) is 6.65. The Morgan fingerprint density at radius 3 is 2.35 bits per heavy atom. The monoisotopic (exact) mass is 264 g/mol. The second-order valence-electron chi connectivity index (χ2n) is 4.62. The molecular weight excluding hydrogens is 248 g/mol. The fourth-order valence-electron chi connectivity index (χ4n) is 2.05. The summed E-state index contributed by atoms with van der Waals surface area (Å²) in [5.74, 6) is 1.70. The summed E-state index contributed by atoms with van der Waals surface area (Å²) < 4.78 is 5.66. The number of nitrogens with one attached hydrogen (secondary N) is 1. The third kappa shape index (κ3) is 3.26. The number of aromatic nitrogens is 2. The predicted octanol–water partition coefficient (Wildman–Crippen LogP) is 3.58. The van der Waals surface area contributed by atoms with Crippen LogP contribution in [0.4, 0.5) is 0 Å². The minimum absolute atomic E-state index is 0.457. The van der Waals surface area contributed by atoms with Crippen molar-refractivity contribution in [1.29, 1.82) is 0 Å². The van der Waals surface area contributed by atoms with Crippen LogP contribution in [0.2, 0.25) is 0 Å². The molecule has 1 N–H and O–H groups in total. The first kappa shape index (κ1) is 12.5. The van der Waals surface area contributed by atoms with Crippen LogP contribution in [0.15, 0.2) is 66.9 Å². The Bertz CT molecular complexity index is 647. The van der Waals surface area contributed by atoms with E-state index >= 15 is 0 Å². The van der Waals surface area contributed by atoms with Crippen molar-refractivity contribution in [2.75, 3.05) is 0 Å². The predicted molar refractivity (Wildman–Crippen MR) is 78.6 cm³/mol. The van der Waals surface area contributed by atoms with Crippen LogP contribution in [0.5, 0.6) is 5.75 Å². The van der Waals surface area contributed by atoms with E-state index in [1.165, 1.54) is 5.56 Å². The molecule has 2 aromatic carbocycles. The molecular formula is C17H16N2O. The van der Waals surface area contributed by atoms with E-state index in [9.17, 15) is 0 Å². The molecule has 0 saturated heterocycles. The summed E-state index contributed by atoms with van der Waals surface area (Å²) in [7, 11) is 0. The van der Waals surface area contributed by atoms with Gasteiger partial charge in [0.1, 0.15) is 18.2 Å².